The maximum absolute atomic E-state index is 12.9. The number of ether oxygens (including phenoxy) is 1. The Bertz CT molecular complexity index is 1080. The van der Waals surface area contributed by atoms with Crippen LogP contribution in [0.25, 0.3) is 11.1 Å². The van der Waals surface area contributed by atoms with Crippen LogP contribution in [0.1, 0.15) is 37.2 Å². The molecule has 33 heavy (non-hydrogen) atoms. The Morgan fingerprint density at radius 2 is 1.88 bits per heavy atom. The van der Waals surface area contributed by atoms with Crippen molar-refractivity contribution in [3.8, 4) is 16.9 Å². The number of likely N-dealkylation sites (tertiary alicyclic amines) is 1. The third-order valence-corrected chi connectivity index (χ3v) is 6.26. The minimum Gasteiger partial charge on any atom is -0.497 e. The van der Waals surface area contributed by atoms with Crippen molar-refractivity contribution in [3.05, 3.63) is 54.4 Å². The molecule has 4 rings (SSSR count). The van der Waals surface area contributed by atoms with Gasteiger partial charge in [-0.1, -0.05) is 19.1 Å². The van der Waals surface area contributed by atoms with E-state index in [1.807, 2.05) is 65.1 Å². The largest absolute Gasteiger partial charge is 0.497 e. The lowest BCUT2D eigenvalue weighted by molar-refractivity contribution is -0.132. The second-order valence-corrected chi connectivity index (χ2v) is 8.57. The predicted molar refractivity (Wildman–Crippen MR) is 129 cm³/mol. The molecule has 1 saturated heterocycles. The fraction of sp³-hybridized carbons (Fsp3) is 0.440. The fourth-order valence-corrected chi connectivity index (χ4v) is 4.35. The van der Waals surface area contributed by atoms with Gasteiger partial charge in [-0.15, -0.1) is 0 Å². The molecule has 3 aromatic rings. The van der Waals surface area contributed by atoms with E-state index in [1.165, 1.54) is 0 Å². The lowest BCUT2D eigenvalue weighted by Crippen LogP contribution is -2.40. The highest BCUT2D eigenvalue weighted by Crippen LogP contribution is 2.35. The second-order valence-electron chi connectivity index (χ2n) is 8.57. The number of hydrogen-bond acceptors (Lipinski definition) is 6. The summed E-state index contributed by atoms with van der Waals surface area (Å²) >= 11 is 0. The van der Waals surface area contributed by atoms with Crippen LogP contribution < -0.4 is 9.64 Å². The van der Waals surface area contributed by atoms with Crippen molar-refractivity contribution in [1.82, 2.24) is 24.4 Å². The molecule has 8 heteroatoms. The molecular weight excluding hydrogens is 416 g/mol. The van der Waals surface area contributed by atoms with Crippen molar-refractivity contribution >= 4 is 11.9 Å². The SMILES string of the molecule is CCc1nccn1CC(=O)N1CCC(c2nc(N(C)C)ncc2-c2ccc(OC)cc2)CC1. The Hall–Kier alpha value is -3.42. The summed E-state index contributed by atoms with van der Waals surface area (Å²) in [6.45, 7) is 3.86. The Labute approximate surface area is 195 Å². The lowest BCUT2D eigenvalue weighted by Gasteiger charge is -2.33. The van der Waals surface area contributed by atoms with E-state index in [4.69, 9.17) is 9.72 Å². The summed E-state index contributed by atoms with van der Waals surface area (Å²) in [4.78, 5) is 30.6. The zero-order valence-corrected chi connectivity index (χ0v) is 19.9. The van der Waals surface area contributed by atoms with Gasteiger partial charge in [0.1, 0.15) is 18.1 Å². The highest BCUT2D eigenvalue weighted by Gasteiger charge is 2.27. The van der Waals surface area contributed by atoms with E-state index >= 15 is 0 Å². The Morgan fingerprint density at radius 1 is 1.15 bits per heavy atom. The van der Waals surface area contributed by atoms with Gasteiger partial charge in [-0.05, 0) is 30.5 Å². The number of aromatic nitrogens is 4. The molecule has 1 aromatic carbocycles. The van der Waals surface area contributed by atoms with Crippen molar-refractivity contribution < 1.29 is 9.53 Å². The summed E-state index contributed by atoms with van der Waals surface area (Å²) in [5.41, 5.74) is 3.16. The first-order chi connectivity index (χ1) is 16.0. The van der Waals surface area contributed by atoms with Crippen LogP contribution in [-0.4, -0.2) is 64.6 Å². The van der Waals surface area contributed by atoms with Gasteiger partial charge in [-0.2, -0.15) is 0 Å². The number of carbonyl (C=O) groups excluding carboxylic acids is 1. The Balaban J connectivity index is 1.51. The molecule has 3 heterocycles. The quantitative estimate of drug-likeness (QED) is 0.552. The molecule has 0 spiro atoms. The topological polar surface area (TPSA) is 76.4 Å². The minimum atomic E-state index is 0.146. The number of benzene rings is 1. The Morgan fingerprint density at radius 3 is 2.52 bits per heavy atom. The van der Waals surface area contributed by atoms with Crippen LogP contribution in [-0.2, 0) is 17.8 Å². The standard InChI is InChI=1S/C25H32N6O2/c1-5-22-26-12-15-31(22)17-23(32)30-13-10-19(11-14-30)24-21(16-27-25(28-24)29(2)3)18-6-8-20(33-4)9-7-18/h6-9,12,15-16,19H,5,10-11,13-14,17H2,1-4H3. The number of piperidine rings is 1. The predicted octanol–water partition coefficient (Wildman–Crippen LogP) is 3.38. The van der Waals surface area contributed by atoms with E-state index in [-0.39, 0.29) is 11.8 Å². The summed E-state index contributed by atoms with van der Waals surface area (Å²) < 4.78 is 7.26. The number of nitrogens with zero attached hydrogens (tertiary/aromatic N) is 6. The molecule has 0 radical (unpaired) electrons. The molecule has 1 amide bonds. The number of carbonyl (C=O) groups is 1. The van der Waals surface area contributed by atoms with Gasteiger partial charge in [0, 0.05) is 63.7 Å². The maximum Gasteiger partial charge on any atom is 0.242 e. The summed E-state index contributed by atoms with van der Waals surface area (Å²) in [6.07, 6.45) is 8.14. The van der Waals surface area contributed by atoms with Crippen molar-refractivity contribution in [2.24, 2.45) is 0 Å². The molecule has 1 fully saturated rings. The van der Waals surface area contributed by atoms with Gasteiger partial charge in [0.2, 0.25) is 11.9 Å². The maximum atomic E-state index is 12.9. The molecule has 8 nitrogen and oxygen atoms in total. The monoisotopic (exact) mass is 448 g/mol. The number of anilines is 1. The summed E-state index contributed by atoms with van der Waals surface area (Å²) in [6, 6.07) is 8.01. The summed E-state index contributed by atoms with van der Waals surface area (Å²) in [5.74, 6) is 2.88. The summed E-state index contributed by atoms with van der Waals surface area (Å²) in [5, 5.41) is 0. The van der Waals surface area contributed by atoms with Crippen molar-refractivity contribution in [1.29, 1.82) is 0 Å². The first-order valence-electron chi connectivity index (χ1n) is 11.5. The number of aryl methyl sites for hydroxylation is 1. The van der Waals surface area contributed by atoms with E-state index in [1.54, 1.807) is 13.3 Å². The number of imidazole rings is 1. The van der Waals surface area contributed by atoms with Crippen molar-refractivity contribution in [3.63, 3.8) is 0 Å². The highest BCUT2D eigenvalue weighted by atomic mass is 16.5. The number of methoxy groups -OCH3 is 1. The first-order valence-corrected chi connectivity index (χ1v) is 11.5. The zero-order valence-electron chi connectivity index (χ0n) is 19.9. The Kier molecular flexibility index (Phi) is 6.91. The number of hydrogen-bond donors (Lipinski definition) is 0. The zero-order chi connectivity index (χ0) is 23.4. The molecule has 2 aromatic heterocycles. The van der Waals surface area contributed by atoms with E-state index in [2.05, 4.69) is 16.9 Å². The first kappa shape index (κ1) is 22.8. The molecule has 0 N–H and O–H groups in total. The van der Waals surface area contributed by atoms with Gasteiger partial charge in [-0.3, -0.25) is 4.79 Å². The van der Waals surface area contributed by atoms with Gasteiger partial charge < -0.3 is 19.1 Å². The smallest absolute Gasteiger partial charge is 0.242 e. The van der Waals surface area contributed by atoms with Crippen LogP contribution in [0.4, 0.5) is 5.95 Å². The van der Waals surface area contributed by atoms with E-state index in [9.17, 15) is 4.79 Å². The molecular formula is C25H32N6O2. The molecule has 0 unspecified atom stereocenters. The van der Waals surface area contributed by atoms with Crippen LogP contribution in [0.2, 0.25) is 0 Å². The molecule has 174 valence electrons. The lowest BCUT2D eigenvalue weighted by atomic mass is 9.89. The third kappa shape index (κ3) is 4.99. The number of amides is 1. The minimum absolute atomic E-state index is 0.146. The molecule has 1 aliphatic rings. The van der Waals surface area contributed by atoms with E-state index < -0.39 is 0 Å². The molecule has 1 aliphatic heterocycles. The van der Waals surface area contributed by atoms with Gasteiger partial charge >= 0.3 is 0 Å². The van der Waals surface area contributed by atoms with Gasteiger partial charge in [0.15, 0.2) is 0 Å². The van der Waals surface area contributed by atoms with Gasteiger partial charge in [0.25, 0.3) is 0 Å². The van der Waals surface area contributed by atoms with Crippen LogP contribution in [0, 0.1) is 0 Å². The average Bonchev–Trinajstić information content (AvgIpc) is 3.30. The van der Waals surface area contributed by atoms with Crippen LogP contribution in [0.15, 0.2) is 42.9 Å². The van der Waals surface area contributed by atoms with E-state index in [0.29, 0.717) is 12.5 Å². The third-order valence-electron chi connectivity index (χ3n) is 6.26. The second kappa shape index (κ2) is 10.0. The normalized spacial score (nSPS) is 14.4. The van der Waals surface area contributed by atoms with Crippen LogP contribution in [0.5, 0.6) is 5.75 Å². The van der Waals surface area contributed by atoms with Crippen molar-refractivity contribution in [2.75, 3.05) is 39.2 Å². The molecule has 0 saturated carbocycles. The molecule has 0 atom stereocenters. The van der Waals surface area contributed by atoms with Crippen LogP contribution in [0.3, 0.4) is 0 Å². The molecule has 0 bridgehead atoms. The van der Waals surface area contributed by atoms with Crippen LogP contribution >= 0.6 is 0 Å². The summed E-state index contributed by atoms with van der Waals surface area (Å²) in [7, 11) is 5.57. The van der Waals surface area contributed by atoms with Crippen molar-refractivity contribution in [2.45, 2.75) is 38.6 Å². The van der Waals surface area contributed by atoms with Gasteiger partial charge in [-0.25, -0.2) is 15.0 Å². The average molecular weight is 449 g/mol. The fourth-order valence-electron chi connectivity index (χ4n) is 4.35. The van der Waals surface area contributed by atoms with E-state index in [0.717, 1.165) is 60.7 Å². The molecule has 0 aliphatic carbocycles. The highest BCUT2D eigenvalue weighted by molar-refractivity contribution is 5.76. The van der Waals surface area contributed by atoms with Gasteiger partial charge in [0.05, 0.1) is 12.8 Å². The number of rotatable bonds is 7.